The SMILES string of the molecule is CC(C)Cc1ccc(CC(=O)Nc2nn[nH]n2)cc1. The summed E-state index contributed by atoms with van der Waals surface area (Å²) in [6, 6.07) is 8.09. The molecule has 0 saturated heterocycles. The molecule has 0 fully saturated rings. The zero-order valence-electron chi connectivity index (χ0n) is 11.1. The third-order valence-corrected chi connectivity index (χ3v) is 2.63. The van der Waals surface area contributed by atoms with E-state index in [1.54, 1.807) is 0 Å². The van der Waals surface area contributed by atoms with Gasteiger partial charge in [0, 0.05) is 0 Å². The summed E-state index contributed by atoms with van der Waals surface area (Å²) in [4.78, 5) is 11.7. The Hall–Kier alpha value is -2.24. The van der Waals surface area contributed by atoms with Crippen LogP contribution in [0.15, 0.2) is 24.3 Å². The van der Waals surface area contributed by atoms with Gasteiger partial charge in [0.15, 0.2) is 0 Å². The van der Waals surface area contributed by atoms with E-state index >= 15 is 0 Å². The molecule has 0 bridgehead atoms. The van der Waals surface area contributed by atoms with Crippen LogP contribution in [0.5, 0.6) is 0 Å². The zero-order chi connectivity index (χ0) is 13.7. The smallest absolute Gasteiger partial charge is 0.269 e. The molecule has 100 valence electrons. The first-order valence-electron chi connectivity index (χ1n) is 6.24. The van der Waals surface area contributed by atoms with Gasteiger partial charge >= 0.3 is 0 Å². The highest BCUT2D eigenvalue weighted by molar-refractivity contribution is 5.90. The minimum Gasteiger partial charge on any atom is -0.292 e. The fourth-order valence-corrected chi connectivity index (χ4v) is 1.83. The van der Waals surface area contributed by atoms with E-state index in [-0.39, 0.29) is 11.9 Å². The highest BCUT2D eigenvalue weighted by atomic mass is 16.1. The van der Waals surface area contributed by atoms with E-state index in [1.807, 2.05) is 12.1 Å². The number of tetrazole rings is 1. The molecule has 1 amide bonds. The summed E-state index contributed by atoms with van der Waals surface area (Å²) in [7, 11) is 0. The predicted octanol–water partition coefficient (Wildman–Crippen LogP) is 1.58. The average molecular weight is 259 g/mol. The fourth-order valence-electron chi connectivity index (χ4n) is 1.83. The van der Waals surface area contributed by atoms with Gasteiger partial charge in [0.1, 0.15) is 0 Å². The van der Waals surface area contributed by atoms with E-state index in [0.29, 0.717) is 12.3 Å². The monoisotopic (exact) mass is 259 g/mol. The van der Waals surface area contributed by atoms with E-state index in [1.165, 1.54) is 5.56 Å². The Morgan fingerprint density at radius 2 is 1.95 bits per heavy atom. The number of anilines is 1. The molecule has 0 spiro atoms. The summed E-state index contributed by atoms with van der Waals surface area (Å²) < 4.78 is 0. The van der Waals surface area contributed by atoms with Crippen LogP contribution in [0.25, 0.3) is 0 Å². The molecule has 2 rings (SSSR count). The fraction of sp³-hybridized carbons (Fsp3) is 0.385. The van der Waals surface area contributed by atoms with Gasteiger partial charge in [0.2, 0.25) is 5.91 Å². The number of H-pyrrole nitrogens is 1. The quantitative estimate of drug-likeness (QED) is 0.853. The first kappa shape index (κ1) is 13.2. The lowest BCUT2D eigenvalue weighted by molar-refractivity contribution is -0.115. The van der Waals surface area contributed by atoms with Crippen LogP contribution in [-0.2, 0) is 17.6 Å². The summed E-state index contributed by atoms with van der Waals surface area (Å²) in [5.41, 5.74) is 2.26. The van der Waals surface area contributed by atoms with Crippen molar-refractivity contribution in [1.82, 2.24) is 20.6 Å². The molecule has 2 N–H and O–H groups in total. The molecule has 2 aromatic rings. The Bertz CT molecular complexity index is 518. The number of hydrogen-bond acceptors (Lipinski definition) is 4. The van der Waals surface area contributed by atoms with Crippen LogP contribution in [0.2, 0.25) is 0 Å². The van der Waals surface area contributed by atoms with Gasteiger partial charge in [-0.1, -0.05) is 43.2 Å². The van der Waals surface area contributed by atoms with Gasteiger partial charge in [-0.25, -0.2) is 0 Å². The van der Waals surface area contributed by atoms with E-state index in [9.17, 15) is 4.79 Å². The summed E-state index contributed by atoms with van der Waals surface area (Å²) >= 11 is 0. The number of rotatable bonds is 5. The van der Waals surface area contributed by atoms with Crippen LogP contribution in [-0.4, -0.2) is 26.5 Å². The number of hydrogen-bond donors (Lipinski definition) is 2. The third-order valence-electron chi connectivity index (χ3n) is 2.63. The van der Waals surface area contributed by atoms with Crippen LogP contribution in [0.1, 0.15) is 25.0 Å². The number of amides is 1. The summed E-state index contributed by atoms with van der Waals surface area (Å²) in [5.74, 6) is 0.673. The molecule has 1 heterocycles. The molecule has 0 radical (unpaired) electrons. The van der Waals surface area contributed by atoms with Gasteiger partial charge in [0.25, 0.3) is 5.95 Å². The van der Waals surface area contributed by atoms with Crippen molar-refractivity contribution in [1.29, 1.82) is 0 Å². The second-order valence-electron chi connectivity index (χ2n) is 4.87. The Labute approximate surface area is 111 Å². The number of nitrogens with one attached hydrogen (secondary N) is 2. The first-order valence-corrected chi connectivity index (χ1v) is 6.24. The standard InChI is InChI=1S/C13H17N5O/c1-9(2)7-10-3-5-11(6-4-10)8-12(19)14-13-15-17-18-16-13/h3-6,9H,7-8H2,1-2H3,(H2,14,15,16,17,18,19). The Balaban J connectivity index is 1.90. The molecular weight excluding hydrogens is 242 g/mol. The molecule has 0 aliphatic carbocycles. The summed E-state index contributed by atoms with van der Waals surface area (Å²) in [6.45, 7) is 4.37. The molecule has 6 heteroatoms. The van der Waals surface area contributed by atoms with Gasteiger partial charge in [-0.3, -0.25) is 10.1 Å². The first-order chi connectivity index (χ1) is 9.13. The molecule has 19 heavy (non-hydrogen) atoms. The molecule has 0 aliphatic rings. The van der Waals surface area contributed by atoms with Gasteiger partial charge in [-0.05, 0) is 28.7 Å². The molecule has 0 aliphatic heterocycles. The van der Waals surface area contributed by atoms with Crippen molar-refractivity contribution in [2.75, 3.05) is 5.32 Å². The van der Waals surface area contributed by atoms with Gasteiger partial charge in [0.05, 0.1) is 6.42 Å². The van der Waals surface area contributed by atoms with Crippen LogP contribution >= 0.6 is 0 Å². The van der Waals surface area contributed by atoms with Crippen molar-refractivity contribution in [2.45, 2.75) is 26.7 Å². The maximum Gasteiger partial charge on any atom is 0.269 e. The molecule has 0 saturated carbocycles. The van der Waals surface area contributed by atoms with Crippen molar-refractivity contribution in [3.8, 4) is 0 Å². The van der Waals surface area contributed by atoms with Gasteiger partial charge in [-0.2, -0.15) is 5.21 Å². The maximum atomic E-state index is 11.7. The van der Waals surface area contributed by atoms with Crippen LogP contribution in [0.4, 0.5) is 5.95 Å². The predicted molar refractivity (Wildman–Crippen MR) is 71.5 cm³/mol. The van der Waals surface area contributed by atoms with E-state index in [0.717, 1.165) is 12.0 Å². The zero-order valence-corrected chi connectivity index (χ0v) is 11.1. The second kappa shape index (κ2) is 6.08. The number of benzene rings is 1. The highest BCUT2D eigenvalue weighted by Gasteiger charge is 2.07. The Morgan fingerprint density at radius 1 is 1.26 bits per heavy atom. The van der Waals surface area contributed by atoms with Crippen molar-refractivity contribution < 1.29 is 4.79 Å². The van der Waals surface area contributed by atoms with E-state index in [2.05, 4.69) is 51.9 Å². The molecular formula is C13H17N5O. The van der Waals surface area contributed by atoms with Crippen LogP contribution in [0.3, 0.4) is 0 Å². The second-order valence-corrected chi connectivity index (χ2v) is 4.87. The topological polar surface area (TPSA) is 83.6 Å². The lowest BCUT2D eigenvalue weighted by atomic mass is 10.0. The number of carbonyl (C=O) groups excluding carboxylic acids is 1. The van der Waals surface area contributed by atoms with Gasteiger partial charge < -0.3 is 0 Å². The number of aromatic nitrogens is 4. The lowest BCUT2D eigenvalue weighted by Gasteiger charge is -2.06. The number of nitrogens with zero attached hydrogens (tertiary/aromatic N) is 3. The molecule has 0 unspecified atom stereocenters. The minimum atomic E-state index is -0.155. The summed E-state index contributed by atoms with van der Waals surface area (Å²) in [6.07, 6.45) is 1.35. The van der Waals surface area contributed by atoms with E-state index < -0.39 is 0 Å². The normalized spacial score (nSPS) is 10.7. The lowest BCUT2D eigenvalue weighted by Crippen LogP contribution is -2.15. The Morgan fingerprint density at radius 3 is 2.53 bits per heavy atom. The maximum absolute atomic E-state index is 11.7. The highest BCUT2D eigenvalue weighted by Crippen LogP contribution is 2.10. The minimum absolute atomic E-state index is 0.155. The number of carbonyl (C=O) groups is 1. The largest absolute Gasteiger partial charge is 0.292 e. The van der Waals surface area contributed by atoms with E-state index in [4.69, 9.17) is 0 Å². The van der Waals surface area contributed by atoms with Crippen molar-refractivity contribution >= 4 is 11.9 Å². The third kappa shape index (κ3) is 4.17. The van der Waals surface area contributed by atoms with Crippen molar-refractivity contribution in [3.63, 3.8) is 0 Å². The molecule has 0 atom stereocenters. The van der Waals surface area contributed by atoms with Crippen LogP contribution < -0.4 is 5.32 Å². The van der Waals surface area contributed by atoms with Crippen molar-refractivity contribution in [3.05, 3.63) is 35.4 Å². The van der Waals surface area contributed by atoms with Gasteiger partial charge in [-0.15, -0.1) is 5.10 Å². The summed E-state index contributed by atoms with van der Waals surface area (Å²) in [5, 5.41) is 15.5. The number of aromatic amines is 1. The molecule has 1 aromatic heterocycles. The molecule has 1 aromatic carbocycles. The average Bonchev–Trinajstić information content (AvgIpc) is 2.83. The van der Waals surface area contributed by atoms with Crippen LogP contribution in [0, 0.1) is 5.92 Å². The molecule has 6 nitrogen and oxygen atoms in total. The van der Waals surface area contributed by atoms with Crippen molar-refractivity contribution in [2.24, 2.45) is 5.92 Å². The Kier molecular flexibility index (Phi) is 4.22.